The van der Waals surface area contributed by atoms with Crippen molar-refractivity contribution >= 4 is 46.1 Å². The molecule has 0 spiro atoms. The number of amides is 2. The summed E-state index contributed by atoms with van der Waals surface area (Å²) in [4.78, 5) is 22.3. The smallest absolute Gasteiger partial charge is 0.497 e. The van der Waals surface area contributed by atoms with Crippen molar-refractivity contribution in [3.05, 3.63) is 78.6 Å². The van der Waals surface area contributed by atoms with Gasteiger partial charge in [0, 0.05) is 37.7 Å². The van der Waals surface area contributed by atoms with Crippen molar-refractivity contribution in [2.24, 2.45) is 4.99 Å². The number of anilines is 1. The van der Waals surface area contributed by atoms with E-state index >= 15 is 0 Å². The maximum Gasteiger partial charge on any atom is 0.573 e. The highest BCUT2D eigenvalue weighted by Crippen LogP contribution is 2.35. The lowest BCUT2D eigenvalue weighted by molar-refractivity contribution is -0.274. The van der Waals surface area contributed by atoms with Crippen molar-refractivity contribution in [3.8, 4) is 28.6 Å². The minimum Gasteiger partial charge on any atom is -0.497 e. The van der Waals surface area contributed by atoms with Gasteiger partial charge in [0.15, 0.2) is 11.0 Å². The van der Waals surface area contributed by atoms with Crippen molar-refractivity contribution in [3.63, 3.8) is 0 Å². The number of aromatic nitrogens is 3. The summed E-state index contributed by atoms with van der Waals surface area (Å²) in [5, 5.41) is 10.9. The van der Waals surface area contributed by atoms with Gasteiger partial charge in [-0.2, -0.15) is 0 Å². The number of ether oxygens (including phenoxy) is 6. The number of carbonyl (C=O) groups is 1. The number of rotatable bonds is 12. The third-order valence-electron chi connectivity index (χ3n) is 8.05. The lowest BCUT2D eigenvalue weighted by Crippen LogP contribution is -2.57. The number of halogens is 3. The van der Waals surface area contributed by atoms with Gasteiger partial charge in [-0.3, -0.25) is 5.32 Å². The predicted molar refractivity (Wildman–Crippen MR) is 197 cm³/mol. The summed E-state index contributed by atoms with van der Waals surface area (Å²) in [7, 11) is 6.42. The second kappa shape index (κ2) is 18.1. The molecule has 1 saturated heterocycles. The summed E-state index contributed by atoms with van der Waals surface area (Å²) < 4.78 is 71.5. The van der Waals surface area contributed by atoms with Gasteiger partial charge < -0.3 is 33.7 Å². The second-order valence-electron chi connectivity index (χ2n) is 11.5. The average molecular weight is 777 g/mol. The van der Waals surface area contributed by atoms with Crippen LogP contribution in [0.3, 0.4) is 0 Å². The van der Waals surface area contributed by atoms with E-state index in [1.54, 1.807) is 58.8 Å². The fourth-order valence-corrected chi connectivity index (χ4v) is 7.77. The molecule has 1 aliphatic rings. The Labute approximate surface area is 312 Å². The number of carbonyl (C=O) groups excluding carboxylic acids is 1. The van der Waals surface area contributed by atoms with Crippen LogP contribution < -0.4 is 20.1 Å². The van der Waals surface area contributed by atoms with Crippen molar-refractivity contribution in [2.75, 3.05) is 38.8 Å². The van der Waals surface area contributed by atoms with Crippen molar-refractivity contribution in [2.45, 2.75) is 50.1 Å². The Morgan fingerprint density at radius 2 is 1.62 bits per heavy atom. The van der Waals surface area contributed by atoms with E-state index in [0.29, 0.717) is 44.5 Å². The first kappa shape index (κ1) is 39.9. The van der Waals surface area contributed by atoms with Crippen LogP contribution in [0.15, 0.2) is 78.0 Å². The van der Waals surface area contributed by atoms with Gasteiger partial charge in [-0.15, -0.1) is 30.0 Å². The summed E-state index contributed by atoms with van der Waals surface area (Å²) in [5.74, 6) is 0.717. The Morgan fingerprint density at radius 3 is 2.25 bits per heavy atom. The molecule has 1 aromatic heterocycles. The number of urea groups is 1. The monoisotopic (exact) mass is 776 g/mol. The Kier molecular flexibility index (Phi) is 13.6. The molecule has 1 fully saturated rings. The number of benzene rings is 3. The molecular weight excluding hydrogens is 738 g/mol. The quantitative estimate of drug-likeness (QED) is 0.0860. The number of hydrogen-bond donors (Lipinski definition) is 2. The molecule has 4 aromatic rings. The van der Waals surface area contributed by atoms with E-state index in [2.05, 4.69) is 25.5 Å². The summed E-state index contributed by atoms with van der Waals surface area (Å²) in [6.45, 7) is 3.83. The molecular formula is C35H39F3N6O7S2. The van der Waals surface area contributed by atoms with Crippen LogP contribution in [0.5, 0.6) is 11.5 Å². The number of thioether (sulfide) groups is 2. The number of methoxy groups -OCH3 is 4. The molecule has 0 saturated carbocycles. The Morgan fingerprint density at radius 1 is 0.943 bits per heavy atom. The maximum atomic E-state index is 13.3. The SMILES string of the molecule is COc1ccc(N=C(NC(=O)Nc2ccc(-c3ncn(-c4ccc(OC(F)(F)F)cc4)n3)cc2)SCS[C@@H]2O[C@@H](C)[C@H](OC)[C@H](OC)[C@@H]2OC)c(C)c1. The van der Waals surface area contributed by atoms with Gasteiger partial charge in [0.2, 0.25) is 0 Å². The molecule has 0 unspecified atom stereocenters. The van der Waals surface area contributed by atoms with Crippen LogP contribution in [0.25, 0.3) is 17.1 Å². The van der Waals surface area contributed by atoms with Crippen LogP contribution >= 0.6 is 23.5 Å². The zero-order valence-electron chi connectivity index (χ0n) is 29.6. The minimum absolute atomic E-state index is 0.238. The minimum atomic E-state index is -4.78. The van der Waals surface area contributed by atoms with Crippen molar-refractivity contribution in [1.29, 1.82) is 0 Å². The van der Waals surface area contributed by atoms with E-state index in [-0.39, 0.29) is 29.5 Å². The van der Waals surface area contributed by atoms with Gasteiger partial charge in [0.1, 0.15) is 41.6 Å². The molecule has 53 heavy (non-hydrogen) atoms. The third-order valence-corrected chi connectivity index (χ3v) is 10.2. The zero-order chi connectivity index (χ0) is 38.1. The first-order valence-electron chi connectivity index (χ1n) is 16.1. The van der Waals surface area contributed by atoms with E-state index in [4.69, 9.17) is 28.7 Å². The molecule has 5 rings (SSSR count). The van der Waals surface area contributed by atoms with Gasteiger partial charge >= 0.3 is 12.4 Å². The fourth-order valence-electron chi connectivity index (χ4n) is 5.47. The highest BCUT2D eigenvalue weighted by atomic mass is 32.2. The zero-order valence-corrected chi connectivity index (χ0v) is 31.3. The molecule has 2 N–H and O–H groups in total. The van der Waals surface area contributed by atoms with Gasteiger partial charge in [0.25, 0.3) is 0 Å². The largest absolute Gasteiger partial charge is 0.573 e. The molecule has 18 heteroatoms. The number of nitrogens with one attached hydrogen (secondary N) is 2. The maximum absolute atomic E-state index is 13.3. The van der Waals surface area contributed by atoms with E-state index in [1.807, 2.05) is 26.0 Å². The van der Waals surface area contributed by atoms with Crippen LogP contribution in [-0.2, 0) is 18.9 Å². The van der Waals surface area contributed by atoms with Gasteiger partial charge in [-0.1, -0.05) is 11.8 Å². The first-order chi connectivity index (χ1) is 25.4. The molecule has 5 atom stereocenters. The molecule has 0 radical (unpaired) electrons. The normalized spacial score (nSPS) is 20.5. The molecule has 1 aliphatic heterocycles. The number of amidine groups is 1. The highest BCUT2D eigenvalue weighted by molar-refractivity contribution is 8.24. The summed E-state index contributed by atoms with van der Waals surface area (Å²) >= 11 is 2.82. The molecule has 3 aromatic carbocycles. The molecule has 2 heterocycles. The molecule has 2 amide bonds. The Bertz CT molecular complexity index is 1850. The van der Waals surface area contributed by atoms with Gasteiger partial charge in [-0.25, -0.2) is 19.5 Å². The van der Waals surface area contributed by atoms with E-state index in [9.17, 15) is 18.0 Å². The van der Waals surface area contributed by atoms with Crippen LogP contribution in [-0.4, -0.2) is 95.7 Å². The third kappa shape index (κ3) is 10.6. The highest BCUT2D eigenvalue weighted by Gasteiger charge is 2.45. The average Bonchev–Trinajstić information content (AvgIpc) is 3.62. The van der Waals surface area contributed by atoms with Crippen LogP contribution in [0.4, 0.5) is 29.3 Å². The number of aryl methyl sites for hydroxylation is 1. The molecule has 0 bridgehead atoms. The van der Waals surface area contributed by atoms with Crippen LogP contribution in [0, 0.1) is 6.92 Å². The molecule has 284 valence electrons. The first-order valence-corrected chi connectivity index (χ1v) is 18.1. The van der Waals surface area contributed by atoms with Crippen molar-refractivity contribution in [1.82, 2.24) is 20.1 Å². The van der Waals surface area contributed by atoms with Crippen molar-refractivity contribution < 1.29 is 46.4 Å². The molecule has 0 aliphatic carbocycles. The predicted octanol–water partition coefficient (Wildman–Crippen LogP) is 7.17. The van der Waals surface area contributed by atoms with E-state index in [1.165, 1.54) is 58.8 Å². The lowest BCUT2D eigenvalue weighted by Gasteiger charge is -2.43. The lowest BCUT2D eigenvalue weighted by atomic mass is 10.0. The number of aliphatic imine (C=N–C) groups is 1. The molecule has 13 nitrogen and oxygen atoms in total. The Hall–Kier alpha value is -4.33. The van der Waals surface area contributed by atoms with Gasteiger partial charge in [0.05, 0.1) is 24.6 Å². The van der Waals surface area contributed by atoms with Crippen LogP contribution in [0.1, 0.15) is 12.5 Å². The Balaban J connectivity index is 1.24. The summed E-state index contributed by atoms with van der Waals surface area (Å²) in [6.07, 6.45) is -4.61. The van der Waals surface area contributed by atoms with Crippen LogP contribution in [0.2, 0.25) is 0 Å². The second-order valence-corrected chi connectivity index (χ2v) is 13.9. The fraction of sp³-hybridized carbons (Fsp3) is 0.371. The van der Waals surface area contributed by atoms with E-state index < -0.39 is 18.5 Å². The number of hydrogen-bond acceptors (Lipinski definition) is 12. The number of alkyl halides is 3. The summed E-state index contributed by atoms with van der Waals surface area (Å²) in [5.41, 5.74) is 2.78. The van der Waals surface area contributed by atoms with E-state index in [0.717, 1.165) is 5.56 Å². The standard InChI is InChI=1S/C35H39F3N6O7S2/c1-20-17-26(46-3)15-16-27(20)41-34(53-19-52-32-30(49-6)29(48-5)28(47-4)21(2)50-32)42-33(45)40-23-9-7-22(8-10-23)31-39-18-44(43-31)24-11-13-25(14-12-24)51-35(36,37)38/h7-18,21,28-30,32H,19H2,1-6H3,(H2,40,41,42,45)/t21-,28-,29-,30-,32-/m0/s1. The van der Waals surface area contributed by atoms with Gasteiger partial charge in [-0.05, 0) is 86.1 Å². The number of nitrogens with zero attached hydrogens (tertiary/aromatic N) is 4. The summed E-state index contributed by atoms with van der Waals surface area (Å²) in [6, 6.07) is 17.1. The topological polar surface area (TPSA) is 140 Å².